The number of amides is 1. The van der Waals surface area contributed by atoms with Gasteiger partial charge in [-0.1, -0.05) is 12.5 Å². The van der Waals surface area contributed by atoms with Crippen LogP contribution in [0.15, 0.2) is 24.3 Å². The maximum atomic E-state index is 13.6. The summed E-state index contributed by atoms with van der Waals surface area (Å²) in [5.41, 5.74) is 0. The Kier molecular flexibility index (Phi) is 7.20. The molecule has 3 aliphatic rings. The maximum absolute atomic E-state index is 13.6. The summed E-state index contributed by atoms with van der Waals surface area (Å²) in [6.45, 7) is 4.91. The van der Waals surface area contributed by atoms with Crippen LogP contribution in [0, 0.1) is 5.82 Å². The van der Waals surface area contributed by atoms with Gasteiger partial charge in [-0.2, -0.15) is 0 Å². The fourth-order valence-corrected chi connectivity index (χ4v) is 4.88. The van der Waals surface area contributed by atoms with Gasteiger partial charge in [0.15, 0.2) is 0 Å². The van der Waals surface area contributed by atoms with Crippen molar-refractivity contribution in [3.05, 3.63) is 30.1 Å². The summed E-state index contributed by atoms with van der Waals surface area (Å²) in [6.07, 6.45) is 2.67. The van der Waals surface area contributed by atoms with Crippen LogP contribution in [-0.4, -0.2) is 91.0 Å². The van der Waals surface area contributed by atoms with Crippen LogP contribution in [0.5, 0.6) is 5.75 Å². The summed E-state index contributed by atoms with van der Waals surface area (Å²) >= 11 is 0. The third kappa shape index (κ3) is 5.29. The number of piperidine rings is 1. The van der Waals surface area contributed by atoms with Crippen molar-refractivity contribution < 1.29 is 23.8 Å². The van der Waals surface area contributed by atoms with Gasteiger partial charge in [-0.05, 0) is 38.1 Å². The van der Waals surface area contributed by atoms with Crippen molar-refractivity contribution in [2.24, 2.45) is 0 Å². The summed E-state index contributed by atoms with van der Waals surface area (Å²) in [7, 11) is 0. The number of carbonyl (C=O) groups is 1. The quantitative estimate of drug-likeness (QED) is 0.714. The SMILES string of the molecule is O=C(CN1CCCCC1)N[C@@H]1C[C@@H](Oc2cccc(F)c2)[C@H](O)[C@H]1N1CCOCC1. The van der Waals surface area contributed by atoms with Gasteiger partial charge < -0.3 is 19.9 Å². The van der Waals surface area contributed by atoms with E-state index >= 15 is 0 Å². The zero-order chi connectivity index (χ0) is 20.9. The minimum absolute atomic E-state index is 0.0150. The number of aliphatic hydroxyl groups is 1. The maximum Gasteiger partial charge on any atom is 0.234 e. The van der Waals surface area contributed by atoms with Gasteiger partial charge in [-0.3, -0.25) is 14.6 Å². The van der Waals surface area contributed by atoms with Gasteiger partial charge in [-0.25, -0.2) is 4.39 Å². The first-order valence-electron chi connectivity index (χ1n) is 11.0. The van der Waals surface area contributed by atoms with Crippen molar-refractivity contribution in [3.8, 4) is 5.75 Å². The molecule has 0 aromatic heterocycles. The Hall–Kier alpha value is -1.74. The van der Waals surface area contributed by atoms with Crippen molar-refractivity contribution in [2.45, 2.75) is 50.0 Å². The number of likely N-dealkylation sites (tertiary alicyclic amines) is 1. The minimum atomic E-state index is -0.786. The lowest BCUT2D eigenvalue weighted by molar-refractivity contribution is -0.123. The van der Waals surface area contributed by atoms with Crippen molar-refractivity contribution >= 4 is 5.91 Å². The van der Waals surface area contributed by atoms with Crippen molar-refractivity contribution in [1.82, 2.24) is 15.1 Å². The fraction of sp³-hybridized carbons (Fsp3) is 0.682. The van der Waals surface area contributed by atoms with E-state index in [9.17, 15) is 14.3 Å². The molecule has 2 N–H and O–H groups in total. The van der Waals surface area contributed by atoms with E-state index in [2.05, 4.69) is 15.1 Å². The number of nitrogens with zero attached hydrogens (tertiary/aromatic N) is 2. The molecule has 0 bridgehead atoms. The lowest BCUT2D eigenvalue weighted by Gasteiger charge is -2.37. The zero-order valence-corrected chi connectivity index (χ0v) is 17.3. The van der Waals surface area contributed by atoms with E-state index in [0.29, 0.717) is 45.0 Å². The molecule has 1 aromatic carbocycles. The van der Waals surface area contributed by atoms with Crippen molar-refractivity contribution in [2.75, 3.05) is 45.9 Å². The molecule has 1 aliphatic carbocycles. The Morgan fingerprint density at radius 1 is 1.20 bits per heavy atom. The molecule has 0 radical (unpaired) electrons. The number of hydrogen-bond donors (Lipinski definition) is 2. The van der Waals surface area contributed by atoms with Crippen molar-refractivity contribution in [1.29, 1.82) is 0 Å². The van der Waals surface area contributed by atoms with Crippen LogP contribution in [0.4, 0.5) is 4.39 Å². The highest BCUT2D eigenvalue weighted by Crippen LogP contribution is 2.30. The zero-order valence-electron chi connectivity index (χ0n) is 17.3. The van der Waals surface area contributed by atoms with E-state index in [1.54, 1.807) is 12.1 Å². The smallest absolute Gasteiger partial charge is 0.234 e. The second-order valence-electron chi connectivity index (χ2n) is 8.49. The Morgan fingerprint density at radius 3 is 2.70 bits per heavy atom. The van der Waals surface area contributed by atoms with Crippen LogP contribution < -0.4 is 10.1 Å². The number of aliphatic hydroxyl groups excluding tert-OH is 1. The summed E-state index contributed by atoms with van der Waals surface area (Å²) in [5, 5.41) is 14.2. The molecule has 0 spiro atoms. The number of halogens is 1. The summed E-state index contributed by atoms with van der Waals surface area (Å²) < 4.78 is 24.9. The number of morpholine rings is 1. The van der Waals surface area contributed by atoms with E-state index in [-0.39, 0.29) is 23.8 Å². The first kappa shape index (κ1) is 21.5. The molecule has 1 aromatic rings. The third-order valence-corrected chi connectivity index (χ3v) is 6.34. The summed E-state index contributed by atoms with van der Waals surface area (Å²) in [5.74, 6) is -0.00469. The molecule has 166 valence electrons. The molecule has 8 heteroatoms. The van der Waals surface area contributed by atoms with Crippen LogP contribution in [0.25, 0.3) is 0 Å². The molecule has 7 nitrogen and oxygen atoms in total. The summed E-state index contributed by atoms with van der Waals surface area (Å²) in [4.78, 5) is 17.1. The van der Waals surface area contributed by atoms with E-state index in [4.69, 9.17) is 9.47 Å². The first-order chi connectivity index (χ1) is 14.6. The third-order valence-electron chi connectivity index (χ3n) is 6.34. The normalized spacial score (nSPS) is 30.9. The fourth-order valence-electron chi connectivity index (χ4n) is 4.88. The predicted octanol–water partition coefficient (Wildman–Crippen LogP) is 1.01. The average molecular weight is 422 g/mol. The monoisotopic (exact) mass is 421 g/mol. The number of hydrogen-bond acceptors (Lipinski definition) is 6. The molecule has 0 unspecified atom stereocenters. The van der Waals surface area contributed by atoms with Crippen LogP contribution in [0.1, 0.15) is 25.7 Å². The highest BCUT2D eigenvalue weighted by Gasteiger charge is 2.47. The van der Waals surface area contributed by atoms with Crippen LogP contribution in [0.3, 0.4) is 0 Å². The molecular weight excluding hydrogens is 389 g/mol. The topological polar surface area (TPSA) is 74.3 Å². The second-order valence-corrected chi connectivity index (χ2v) is 8.49. The molecule has 30 heavy (non-hydrogen) atoms. The van der Waals surface area contributed by atoms with Gasteiger partial charge >= 0.3 is 0 Å². The number of carbonyl (C=O) groups excluding carboxylic acids is 1. The highest BCUT2D eigenvalue weighted by atomic mass is 19.1. The first-order valence-corrected chi connectivity index (χ1v) is 11.0. The van der Waals surface area contributed by atoms with Crippen LogP contribution in [-0.2, 0) is 9.53 Å². The molecule has 3 fully saturated rings. The average Bonchev–Trinajstić information content (AvgIpc) is 3.04. The highest BCUT2D eigenvalue weighted by molar-refractivity contribution is 5.78. The van der Waals surface area contributed by atoms with E-state index in [0.717, 1.165) is 25.9 Å². The molecule has 1 saturated carbocycles. The largest absolute Gasteiger partial charge is 0.487 e. The van der Waals surface area contributed by atoms with E-state index in [1.807, 2.05) is 0 Å². The van der Waals surface area contributed by atoms with Gasteiger partial charge in [0, 0.05) is 25.6 Å². The predicted molar refractivity (Wildman–Crippen MR) is 110 cm³/mol. The Bertz CT molecular complexity index is 709. The molecule has 2 heterocycles. The molecule has 1 amide bonds. The second kappa shape index (κ2) is 10.0. The minimum Gasteiger partial charge on any atom is -0.487 e. The number of benzene rings is 1. The van der Waals surface area contributed by atoms with Gasteiger partial charge in [0.25, 0.3) is 0 Å². The van der Waals surface area contributed by atoms with Gasteiger partial charge in [0.2, 0.25) is 5.91 Å². The van der Waals surface area contributed by atoms with Gasteiger partial charge in [0.1, 0.15) is 23.8 Å². The van der Waals surface area contributed by atoms with E-state index < -0.39 is 12.2 Å². The molecule has 4 rings (SSSR count). The van der Waals surface area contributed by atoms with Gasteiger partial charge in [0.05, 0.1) is 31.8 Å². The Morgan fingerprint density at radius 2 is 1.97 bits per heavy atom. The summed E-state index contributed by atoms with van der Waals surface area (Å²) in [6, 6.07) is 5.47. The molecular formula is C22H32FN3O4. The Labute approximate surface area is 177 Å². The number of ether oxygens (including phenoxy) is 2. The van der Waals surface area contributed by atoms with Crippen LogP contribution >= 0.6 is 0 Å². The molecule has 2 saturated heterocycles. The number of rotatable bonds is 6. The van der Waals surface area contributed by atoms with Crippen molar-refractivity contribution in [3.63, 3.8) is 0 Å². The molecule has 2 aliphatic heterocycles. The van der Waals surface area contributed by atoms with Gasteiger partial charge in [-0.15, -0.1) is 0 Å². The standard InChI is InChI=1S/C22H32FN3O4/c23-16-5-4-6-17(13-16)30-19-14-18(21(22(19)28)26-9-11-29-12-10-26)24-20(27)15-25-7-2-1-3-8-25/h4-6,13,18-19,21-22,28H,1-3,7-12,14-15H2,(H,24,27)/t18-,19-,21+,22+/m1/s1. The lowest BCUT2D eigenvalue weighted by Crippen LogP contribution is -2.57. The van der Waals surface area contributed by atoms with E-state index in [1.165, 1.54) is 18.6 Å². The number of nitrogens with one attached hydrogen (secondary N) is 1. The van der Waals surface area contributed by atoms with Crippen LogP contribution in [0.2, 0.25) is 0 Å². The Balaban J connectivity index is 1.43. The lowest BCUT2D eigenvalue weighted by atomic mass is 10.1. The molecule has 4 atom stereocenters.